The first-order valence-electron chi connectivity index (χ1n) is 7.33. The largest absolute Gasteiger partial charge is 0.474 e. The van der Waals surface area contributed by atoms with Crippen LogP contribution in [0.15, 0.2) is 30.5 Å². The van der Waals surface area contributed by atoms with Crippen molar-refractivity contribution in [1.82, 2.24) is 9.97 Å². The Balaban J connectivity index is 2.45. The summed E-state index contributed by atoms with van der Waals surface area (Å²) >= 11 is 2.15. The topological polar surface area (TPSA) is 38.2 Å². The standard InChI is InChI=1S/C16H17F3IN3O/c1-4-10(2)24-14-11(16(17,18)19)9-21-15(22-14)23(3)13-8-6-5-7-12(13)20/h5-10H,4H2,1-3H3. The molecule has 2 aromatic rings. The number of ether oxygens (including phenoxy) is 1. The fourth-order valence-electron chi connectivity index (χ4n) is 1.91. The number of hydrogen-bond donors (Lipinski definition) is 0. The van der Waals surface area contributed by atoms with E-state index in [2.05, 4.69) is 32.6 Å². The minimum absolute atomic E-state index is 0.144. The summed E-state index contributed by atoms with van der Waals surface area (Å²) in [7, 11) is 1.70. The molecule has 24 heavy (non-hydrogen) atoms. The molecule has 2 rings (SSSR count). The van der Waals surface area contributed by atoms with E-state index in [1.54, 1.807) is 18.9 Å². The Hall–Kier alpha value is -1.58. The van der Waals surface area contributed by atoms with Gasteiger partial charge in [0.25, 0.3) is 0 Å². The zero-order valence-electron chi connectivity index (χ0n) is 13.4. The highest BCUT2D eigenvalue weighted by molar-refractivity contribution is 14.1. The number of benzene rings is 1. The van der Waals surface area contributed by atoms with Gasteiger partial charge in [-0.05, 0) is 48.1 Å². The summed E-state index contributed by atoms with van der Waals surface area (Å²) in [6, 6.07) is 7.46. The lowest BCUT2D eigenvalue weighted by atomic mass is 10.3. The summed E-state index contributed by atoms with van der Waals surface area (Å²) in [4.78, 5) is 9.51. The minimum atomic E-state index is -4.57. The second kappa shape index (κ2) is 7.54. The second-order valence-electron chi connectivity index (χ2n) is 5.23. The molecule has 0 saturated carbocycles. The molecule has 1 heterocycles. The van der Waals surface area contributed by atoms with Crippen molar-refractivity contribution < 1.29 is 17.9 Å². The number of rotatable bonds is 5. The van der Waals surface area contributed by atoms with E-state index in [4.69, 9.17) is 4.74 Å². The van der Waals surface area contributed by atoms with Gasteiger partial charge < -0.3 is 9.64 Å². The zero-order chi connectivity index (χ0) is 17.9. The fraction of sp³-hybridized carbons (Fsp3) is 0.375. The van der Waals surface area contributed by atoms with Crippen LogP contribution in [0.4, 0.5) is 24.8 Å². The van der Waals surface area contributed by atoms with Crippen LogP contribution in [0.1, 0.15) is 25.8 Å². The normalized spacial score (nSPS) is 12.8. The third-order valence-electron chi connectivity index (χ3n) is 3.45. The van der Waals surface area contributed by atoms with Crippen molar-refractivity contribution in [2.24, 2.45) is 0 Å². The Morgan fingerprint density at radius 1 is 1.29 bits per heavy atom. The average molecular weight is 451 g/mol. The second-order valence-corrected chi connectivity index (χ2v) is 6.40. The van der Waals surface area contributed by atoms with Crippen LogP contribution in [0.2, 0.25) is 0 Å². The number of hydrogen-bond acceptors (Lipinski definition) is 4. The van der Waals surface area contributed by atoms with Crippen LogP contribution in [-0.4, -0.2) is 23.1 Å². The van der Waals surface area contributed by atoms with Gasteiger partial charge in [0.1, 0.15) is 5.56 Å². The zero-order valence-corrected chi connectivity index (χ0v) is 15.6. The third kappa shape index (κ3) is 4.28. The van der Waals surface area contributed by atoms with Crippen molar-refractivity contribution in [3.63, 3.8) is 0 Å². The van der Waals surface area contributed by atoms with Gasteiger partial charge >= 0.3 is 6.18 Å². The van der Waals surface area contributed by atoms with Crippen LogP contribution in [0.5, 0.6) is 5.88 Å². The molecule has 1 atom stereocenters. The highest BCUT2D eigenvalue weighted by atomic mass is 127. The van der Waals surface area contributed by atoms with Crippen molar-refractivity contribution in [3.8, 4) is 5.88 Å². The minimum Gasteiger partial charge on any atom is -0.474 e. The number of para-hydroxylation sites is 1. The van der Waals surface area contributed by atoms with Crippen LogP contribution in [-0.2, 0) is 6.18 Å². The van der Waals surface area contributed by atoms with Gasteiger partial charge in [-0.2, -0.15) is 18.2 Å². The number of nitrogens with zero attached hydrogens (tertiary/aromatic N) is 3. The Bertz CT molecular complexity index is 709. The number of anilines is 2. The van der Waals surface area contributed by atoms with Gasteiger partial charge in [0.15, 0.2) is 0 Å². The van der Waals surface area contributed by atoms with Gasteiger partial charge in [-0.15, -0.1) is 0 Å². The molecular formula is C16H17F3IN3O. The number of alkyl halides is 3. The van der Waals surface area contributed by atoms with Crippen LogP contribution >= 0.6 is 22.6 Å². The van der Waals surface area contributed by atoms with Crippen molar-refractivity contribution in [2.45, 2.75) is 32.5 Å². The molecule has 0 saturated heterocycles. The molecule has 8 heteroatoms. The predicted molar refractivity (Wildman–Crippen MR) is 94.6 cm³/mol. The van der Waals surface area contributed by atoms with E-state index in [1.807, 2.05) is 31.2 Å². The predicted octanol–water partition coefficient (Wildman–Crippen LogP) is 5.05. The first-order chi connectivity index (χ1) is 11.2. The van der Waals surface area contributed by atoms with E-state index in [1.165, 1.54) is 0 Å². The molecule has 4 nitrogen and oxygen atoms in total. The summed E-state index contributed by atoms with van der Waals surface area (Å²) in [6.45, 7) is 3.53. The average Bonchev–Trinajstić information content (AvgIpc) is 2.53. The van der Waals surface area contributed by atoms with E-state index >= 15 is 0 Å². The van der Waals surface area contributed by atoms with Crippen LogP contribution in [0.3, 0.4) is 0 Å². The quantitative estimate of drug-likeness (QED) is 0.597. The fourth-order valence-corrected chi connectivity index (χ4v) is 2.66. The molecule has 1 unspecified atom stereocenters. The summed E-state index contributed by atoms with van der Waals surface area (Å²) < 4.78 is 45.8. The maximum absolute atomic E-state index is 13.1. The lowest BCUT2D eigenvalue weighted by Gasteiger charge is -2.21. The summed E-state index contributed by atoms with van der Waals surface area (Å²) in [5.74, 6) is -0.301. The highest BCUT2D eigenvalue weighted by Crippen LogP contribution is 2.36. The summed E-state index contributed by atoms with van der Waals surface area (Å²) in [5.41, 5.74) is -0.171. The smallest absolute Gasteiger partial charge is 0.423 e. The van der Waals surface area contributed by atoms with Gasteiger partial charge in [-0.3, -0.25) is 0 Å². The Morgan fingerprint density at radius 3 is 2.54 bits per heavy atom. The molecule has 130 valence electrons. The Kier molecular flexibility index (Phi) is 5.89. The molecule has 1 aromatic heterocycles. The first-order valence-corrected chi connectivity index (χ1v) is 8.41. The maximum atomic E-state index is 13.1. The van der Waals surface area contributed by atoms with Gasteiger partial charge in [0, 0.05) is 16.8 Å². The van der Waals surface area contributed by atoms with E-state index in [9.17, 15) is 13.2 Å². The molecule has 0 aliphatic heterocycles. The summed E-state index contributed by atoms with van der Waals surface area (Å²) in [6.07, 6.45) is -3.60. The van der Waals surface area contributed by atoms with Crippen molar-refractivity contribution in [2.75, 3.05) is 11.9 Å². The van der Waals surface area contributed by atoms with E-state index < -0.39 is 17.6 Å². The van der Waals surface area contributed by atoms with E-state index in [0.717, 1.165) is 15.5 Å². The monoisotopic (exact) mass is 451 g/mol. The van der Waals surface area contributed by atoms with Crippen LogP contribution in [0, 0.1) is 3.57 Å². The molecule has 0 amide bonds. The Morgan fingerprint density at radius 2 is 1.96 bits per heavy atom. The maximum Gasteiger partial charge on any atom is 0.423 e. The number of aromatic nitrogens is 2. The molecule has 0 fully saturated rings. The molecule has 0 aliphatic rings. The lowest BCUT2D eigenvalue weighted by molar-refractivity contribution is -0.139. The SMILES string of the molecule is CCC(C)Oc1nc(N(C)c2ccccc2I)ncc1C(F)(F)F. The van der Waals surface area contributed by atoms with Crippen LogP contribution < -0.4 is 9.64 Å². The van der Waals surface area contributed by atoms with Crippen LogP contribution in [0.25, 0.3) is 0 Å². The van der Waals surface area contributed by atoms with E-state index in [-0.39, 0.29) is 12.1 Å². The third-order valence-corrected chi connectivity index (χ3v) is 4.36. The molecule has 0 N–H and O–H groups in total. The number of halogens is 4. The lowest BCUT2D eigenvalue weighted by Crippen LogP contribution is -2.20. The molecule has 0 bridgehead atoms. The van der Waals surface area contributed by atoms with Gasteiger partial charge in [-0.1, -0.05) is 19.1 Å². The summed E-state index contributed by atoms with van der Waals surface area (Å²) in [5, 5.41) is 0. The van der Waals surface area contributed by atoms with Gasteiger partial charge in [-0.25, -0.2) is 4.98 Å². The molecular weight excluding hydrogens is 434 g/mol. The van der Waals surface area contributed by atoms with Gasteiger partial charge in [0.05, 0.1) is 11.8 Å². The first kappa shape index (κ1) is 18.8. The molecule has 0 aliphatic carbocycles. The molecule has 1 aromatic carbocycles. The van der Waals surface area contributed by atoms with Crippen molar-refractivity contribution >= 4 is 34.2 Å². The molecule has 0 spiro atoms. The van der Waals surface area contributed by atoms with Gasteiger partial charge in [0.2, 0.25) is 11.8 Å². The van der Waals surface area contributed by atoms with E-state index in [0.29, 0.717) is 6.42 Å². The highest BCUT2D eigenvalue weighted by Gasteiger charge is 2.37. The van der Waals surface area contributed by atoms with Crippen molar-refractivity contribution in [3.05, 3.63) is 39.6 Å². The Labute approximate surface area is 152 Å². The molecule has 0 radical (unpaired) electrons. The van der Waals surface area contributed by atoms with Crippen molar-refractivity contribution in [1.29, 1.82) is 0 Å².